The number of alkyl halides is 1. The van der Waals surface area contributed by atoms with E-state index in [-0.39, 0.29) is 5.38 Å². The van der Waals surface area contributed by atoms with Gasteiger partial charge in [-0.3, -0.25) is 0 Å². The van der Waals surface area contributed by atoms with Crippen molar-refractivity contribution in [3.63, 3.8) is 0 Å². The molecule has 0 spiro atoms. The van der Waals surface area contributed by atoms with Crippen LogP contribution in [0.3, 0.4) is 0 Å². The molecule has 3 nitrogen and oxygen atoms in total. The first-order chi connectivity index (χ1) is 6.65. The normalized spacial score (nSPS) is 12.9. The second-order valence-corrected chi connectivity index (χ2v) is 3.84. The molecule has 0 bridgehead atoms. The Kier molecular flexibility index (Phi) is 4.29. The number of rotatable bonds is 4. The van der Waals surface area contributed by atoms with Crippen molar-refractivity contribution in [3.05, 3.63) is 23.3 Å². The number of halogens is 1. The number of aryl methyl sites for hydroxylation is 1. The molecular formula is C10H15ClN2O. The Balaban J connectivity index is 2.78. The Morgan fingerprint density at radius 3 is 2.79 bits per heavy atom. The van der Waals surface area contributed by atoms with Crippen molar-refractivity contribution >= 4 is 11.6 Å². The first kappa shape index (κ1) is 11.4. The largest absolute Gasteiger partial charge is 0.384 e. The van der Waals surface area contributed by atoms with E-state index in [9.17, 15) is 0 Å². The fraction of sp³-hybridized carbons (Fsp3) is 0.600. The van der Waals surface area contributed by atoms with Gasteiger partial charge in [0.05, 0.1) is 12.0 Å². The van der Waals surface area contributed by atoms with Crippen LogP contribution in [0.5, 0.6) is 0 Å². The molecule has 1 rings (SSSR count). The van der Waals surface area contributed by atoms with Crippen molar-refractivity contribution in [1.82, 2.24) is 9.97 Å². The van der Waals surface area contributed by atoms with Crippen molar-refractivity contribution in [2.45, 2.75) is 25.6 Å². The monoisotopic (exact) mass is 214 g/mol. The molecule has 1 heterocycles. The molecule has 1 aromatic rings. The number of hydrogen-bond donors (Lipinski definition) is 0. The Morgan fingerprint density at radius 1 is 1.57 bits per heavy atom. The van der Waals surface area contributed by atoms with Crippen LogP contribution in [0, 0.1) is 6.92 Å². The van der Waals surface area contributed by atoms with E-state index in [4.69, 9.17) is 16.3 Å². The molecular weight excluding hydrogens is 200 g/mol. The highest BCUT2D eigenvalue weighted by Gasteiger charge is 2.07. The molecule has 1 aromatic heterocycles. The highest BCUT2D eigenvalue weighted by Crippen LogP contribution is 2.20. The van der Waals surface area contributed by atoms with Crippen molar-refractivity contribution in [2.24, 2.45) is 0 Å². The van der Waals surface area contributed by atoms with Gasteiger partial charge in [-0.15, -0.1) is 11.6 Å². The minimum atomic E-state index is -0.0357. The molecule has 0 fully saturated rings. The summed E-state index contributed by atoms with van der Waals surface area (Å²) in [7, 11) is 1.67. The van der Waals surface area contributed by atoms with Crippen LogP contribution in [0.2, 0.25) is 0 Å². The zero-order valence-corrected chi connectivity index (χ0v) is 9.51. The molecule has 4 heteroatoms. The predicted molar refractivity (Wildman–Crippen MR) is 56.6 cm³/mol. The maximum absolute atomic E-state index is 5.96. The van der Waals surface area contributed by atoms with E-state index in [1.807, 2.05) is 13.8 Å². The van der Waals surface area contributed by atoms with Gasteiger partial charge in [0.15, 0.2) is 0 Å². The molecule has 78 valence electrons. The van der Waals surface area contributed by atoms with Gasteiger partial charge >= 0.3 is 0 Å². The summed E-state index contributed by atoms with van der Waals surface area (Å²) < 4.78 is 4.96. The third-order valence-electron chi connectivity index (χ3n) is 2.03. The van der Waals surface area contributed by atoms with Crippen molar-refractivity contribution in [2.75, 3.05) is 13.7 Å². The number of aromatic nitrogens is 2. The zero-order chi connectivity index (χ0) is 10.6. The van der Waals surface area contributed by atoms with Crippen LogP contribution in [0.15, 0.2) is 6.20 Å². The number of methoxy groups -OCH3 is 1. The van der Waals surface area contributed by atoms with E-state index >= 15 is 0 Å². The van der Waals surface area contributed by atoms with Crippen molar-refractivity contribution in [3.8, 4) is 0 Å². The van der Waals surface area contributed by atoms with Gasteiger partial charge in [-0.05, 0) is 13.8 Å². The first-order valence-corrected chi connectivity index (χ1v) is 5.04. The second-order valence-electron chi connectivity index (χ2n) is 3.19. The van der Waals surface area contributed by atoms with Crippen LogP contribution in [0.4, 0.5) is 0 Å². The van der Waals surface area contributed by atoms with Gasteiger partial charge in [0.25, 0.3) is 0 Å². The Bertz CT molecular complexity index is 302. The van der Waals surface area contributed by atoms with E-state index in [1.54, 1.807) is 13.3 Å². The standard InChI is InChI=1S/C10H15ClN2O/c1-7(11)9-6-12-10(4-5-14-3)13-8(9)2/h6-7H,4-5H2,1-3H3. The summed E-state index contributed by atoms with van der Waals surface area (Å²) >= 11 is 5.96. The Hall–Kier alpha value is -0.670. The van der Waals surface area contributed by atoms with E-state index in [1.165, 1.54) is 0 Å². The van der Waals surface area contributed by atoms with Gasteiger partial charge in [-0.2, -0.15) is 0 Å². The Morgan fingerprint density at radius 2 is 2.29 bits per heavy atom. The maximum atomic E-state index is 5.96. The zero-order valence-electron chi connectivity index (χ0n) is 8.75. The van der Waals surface area contributed by atoms with Crippen LogP contribution < -0.4 is 0 Å². The topological polar surface area (TPSA) is 35.0 Å². The van der Waals surface area contributed by atoms with Crippen molar-refractivity contribution < 1.29 is 4.74 Å². The summed E-state index contributed by atoms with van der Waals surface area (Å²) in [5.74, 6) is 0.811. The van der Waals surface area contributed by atoms with Gasteiger partial charge < -0.3 is 4.74 Å². The highest BCUT2D eigenvalue weighted by atomic mass is 35.5. The smallest absolute Gasteiger partial charge is 0.130 e. The highest BCUT2D eigenvalue weighted by molar-refractivity contribution is 6.20. The molecule has 0 aliphatic rings. The number of ether oxygens (including phenoxy) is 1. The van der Waals surface area contributed by atoms with Gasteiger partial charge in [0, 0.05) is 31.0 Å². The summed E-state index contributed by atoms with van der Waals surface area (Å²) in [6, 6.07) is 0. The molecule has 0 radical (unpaired) electrons. The van der Waals surface area contributed by atoms with Gasteiger partial charge in [0.2, 0.25) is 0 Å². The summed E-state index contributed by atoms with van der Waals surface area (Å²) in [4.78, 5) is 8.58. The van der Waals surface area contributed by atoms with E-state index in [0.29, 0.717) is 6.61 Å². The van der Waals surface area contributed by atoms with Crippen LogP contribution >= 0.6 is 11.6 Å². The van der Waals surface area contributed by atoms with Gasteiger partial charge in [-0.1, -0.05) is 0 Å². The summed E-state index contributed by atoms with van der Waals surface area (Å²) in [6.45, 7) is 4.52. The predicted octanol–water partition coefficient (Wildman–Crippen LogP) is 2.27. The van der Waals surface area contributed by atoms with E-state index < -0.39 is 0 Å². The molecule has 1 atom stereocenters. The summed E-state index contributed by atoms with van der Waals surface area (Å²) in [6.07, 6.45) is 2.54. The molecule has 0 aliphatic carbocycles. The molecule has 1 unspecified atom stereocenters. The lowest BCUT2D eigenvalue weighted by Gasteiger charge is -2.07. The fourth-order valence-corrected chi connectivity index (χ4v) is 1.44. The lowest BCUT2D eigenvalue weighted by molar-refractivity contribution is 0.200. The molecule has 0 aromatic carbocycles. The lowest BCUT2D eigenvalue weighted by Crippen LogP contribution is -2.04. The Labute approximate surface area is 89.5 Å². The summed E-state index contributed by atoms with van der Waals surface area (Å²) in [5.41, 5.74) is 1.95. The minimum absolute atomic E-state index is 0.0357. The number of nitrogens with zero attached hydrogens (tertiary/aromatic N) is 2. The fourth-order valence-electron chi connectivity index (χ4n) is 1.23. The average Bonchev–Trinajstić information content (AvgIpc) is 2.14. The first-order valence-electron chi connectivity index (χ1n) is 4.60. The third-order valence-corrected chi connectivity index (χ3v) is 2.26. The molecule has 14 heavy (non-hydrogen) atoms. The molecule has 0 saturated carbocycles. The third kappa shape index (κ3) is 2.93. The lowest BCUT2D eigenvalue weighted by atomic mass is 10.2. The number of hydrogen-bond acceptors (Lipinski definition) is 3. The summed E-state index contributed by atoms with van der Waals surface area (Å²) in [5, 5.41) is -0.0357. The van der Waals surface area contributed by atoms with Crippen LogP contribution in [0.25, 0.3) is 0 Å². The van der Waals surface area contributed by atoms with E-state index in [0.717, 1.165) is 23.5 Å². The van der Waals surface area contributed by atoms with E-state index in [2.05, 4.69) is 9.97 Å². The molecule has 0 aliphatic heterocycles. The van der Waals surface area contributed by atoms with Gasteiger partial charge in [0.1, 0.15) is 5.82 Å². The van der Waals surface area contributed by atoms with Crippen LogP contribution in [0.1, 0.15) is 29.4 Å². The quantitative estimate of drug-likeness (QED) is 0.722. The molecule has 0 N–H and O–H groups in total. The van der Waals surface area contributed by atoms with Gasteiger partial charge in [-0.25, -0.2) is 9.97 Å². The second kappa shape index (κ2) is 5.27. The van der Waals surface area contributed by atoms with Crippen LogP contribution in [-0.4, -0.2) is 23.7 Å². The molecule has 0 saturated heterocycles. The maximum Gasteiger partial charge on any atom is 0.130 e. The van der Waals surface area contributed by atoms with Crippen molar-refractivity contribution in [1.29, 1.82) is 0 Å². The molecule has 0 amide bonds. The minimum Gasteiger partial charge on any atom is -0.384 e. The average molecular weight is 215 g/mol. The van der Waals surface area contributed by atoms with Crippen LogP contribution in [-0.2, 0) is 11.2 Å². The SMILES string of the molecule is COCCc1ncc(C(C)Cl)c(C)n1.